The second-order valence-electron chi connectivity index (χ2n) is 5.73. The van der Waals surface area contributed by atoms with Crippen molar-refractivity contribution in [2.75, 3.05) is 0 Å². The van der Waals surface area contributed by atoms with Gasteiger partial charge >= 0.3 is 12.1 Å². The van der Waals surface area contributed by atoms with Crippen LogP contribution in [0.1, 0.15) is 45.7 Å². The Morgan fingerprint density at radius 1 is 1.18 bits per heavy atom. The van der Waals surface area contributed by atoms with Crippen LogP contribution in [0.5, 0.6) is 0 Å². The van der Waals surface area contributed by atoms with E-state index in [4.69, 9.17) is 9.84 Å². The lowest BCUT2D eigenvalue weighted by molar-refractivity contribution is -0.139. The van der Waals surface area contributed by atoms with Crippen LogP contribution >= 0.6 is 0 Å². The van der Waals surface area contributed by atoms with Gasteiger partial charge in [0.05, 0.1) is 0 Å². The van der Waals surface area contributed by atoms with Crippen LogP contribution in [0.2, 0.25) is 0 Å². The summed E-state index contributed by atoms with van der Waals surface area (Å²) in [5.41, 5.74) is 1.29. The Hall–Kier alpha value is -2.04. The summed E-state index contributed by atoms with van der Waals surface area (Å²) in [6.45, 7) is 11.1. The minimum Gasteiger partial charge on any atom is -0.480 e. The Morgan fingerprint density at radius 3 is 2.09 bits per heavy atom. The zero-order chi connectivity index (χ0) is 17.3. The number of hydrogen-bond acceptors (Lipinski definition) is 3. The molecule has 1 aromatic rings. The molecule has 1 aromatic carbocycles. The van der Waals surface area contributed by atoms with Crippen LogP contribution in [0.4, 0.5) is 4.79 Å². The number of carbonyl (C=O) groups excluding carboxylic acids is 1. The Labute approximate surface area is 132 Å². The molecule has 1 atom stereocenters. The lowest BCUT2D eigenvalue weighted by atomic mass is 10.0. The van der Waals surface area contributed by atoms with Gasteiger partial charge in [-0.1, -0.05) is 43.7 Å². The van der Waals surface area contributed by atoms with Crippen molar-refractivity contribution in [3.05, 3.63) is 35.4 Å². The third-order valence-electron chi connectivity index (χ3n) is 2.55. The van der Waals surface area contributed by atoms with Gasteiger partial charge in [-0.05, 0) is 33.3 Å². The van der Waals surface area contributed by atoms with Crippen molar-refractivity contribution in [1.82, 2.24) is 5.32 Å². The Balaban J connectivity index is 0.00000211. The second-order valence-corrected chi connectivity index (χ2v) is 5.73. The molecule has 5 heteroatoms. The van der Waals surface area contributed by atoms with Gasteiger partial charge < -0.3 is 15.2 Å². The van der Waals surface area contributed by atoms with Crippen molar-refractivity contribution in [1.29, 1.82) is 0 Å². The molecule has 0 aliphatic carbocycles. The van der Waals surface area contributed by atoms with E-state index in [0.717, 1.165) is 11.1 Å². The van der Waals surface area contributed by atoms with Gasteiger partial charge in [-0.2, -0.15) is 0 Å². The first-order valence-electron chi connectivity index (χ1n) is 7.45. The van der Waals surface area contributed by atoms with Gasteiger partial charge in [0.25, 0.3) is 0 Å². The number of nitrogens with one attached hydrogen (secondary N) is 1. The molecule has 0 spiro atoms. The van der Waals surface area contributed by atoms with Gasteiger partial charge in [0, 0.05) is 6.42 Å². The monoisotopic (exact) mass is 309 g/mol. The number of carboxylic acids is 1. The van der Waals surface area contributed by atoms with Gasteiger partial charge in [0.2, 0.25) is 0 Å². The summed E-state index contributed by atoms with van der Waals surface area (Å²) in [5.74, 6) is -1.09. The highest BCUT2D eigenvalue weighted by molar-refractivity contribution is 5.80. The fourth-order valence-electron chi connectivity index (χ4n) is 1.61. The third-order valence-corrected chi connectivity index (χ3v) is 2.55. The lowest BCUT2D eigenvalue weighted by Crippen LogP contribution is -2.44. The standard InChI is InChI=1S/C15H21NO4.C2H6/c1-10-5-7-11(8-6-10)9-12(13(17)18)16-14(19)20-15(2,3)4;1-2/h5-8,12H,9H2,1-4H3,(H,16,19)(H,17,18);1-2H3. The van der Waals surface area contributed by atoms with Crippen LogP contribution in [-0.4, -0.2) is 28.8 Å². The average Bonchev–Trinajstić information content (AvgIpc) is 2.40. The smallest absolute Gasteiger partial charge is 0.408 e. The van der Waals surface area contributed by atoms with Crippen molar-refractivity contribution < 1.29 is 19.4 Å². The van der Waals surface area contributed by atoms with E-state index in [1.165, 1.54) is 0 Å². The van der Waals surface area contributed by atoms with Crippen LogP contribution in [0.25, 0.3) is 0 Å². The quantitative estimate of drug-likeness (QED) is 0.892. The number of carbonyl (C=O) groups is 2. The van der Waals surface area contributed by atoms with E-state index in [1.807, 2.05) is 45.0 Å². The summed E-state index contributed by atoms with van der Waals surface area (Å²) in [6, 6.07) is 6.50. The maximum Gasteiger partial charge on any atom is 0.408 e. The zero-order valence-corrected chi connectivity index (χ0v) is 14.3. The number of amides is 1. The van der Waals surface area contributed by atoms with Crippen LogP contribution in [0.15, 0.2) is 24.3 Å². The van der Waals surface area contributed by atoms with E-state index >= 15 is 0 Å². The van der Waals surface area contributed by atoms with Gasteiger partial charge in [-0.25, -0.2) is 9.59 Å². The summed E-state index contributed by atoms with van der Waals surface area (Å²) >= 11 is 0. The zero-order valence-electron chi connectivity index (χ0n) is 14.3. The highest BCUT2D eigenvalue weighted by Gasteiger charge is 2.24. The number of ether oxygens (including phenoxy) is 1. The van der Waals surface area contributed by atoms with Gasteiger partial charge in [0.15, 0.2) is 0 Å². The first-order chi connectivity index (χ1) is 10.2. The summed E-state index contributed by atoms with van der Waals surface area (Å²) in [5, 5.41) is 11.5. The van der Waals surface area contributed by atoms with Crippen LogP contribution < -0.4 is 5.32 Å². The third kappa shape index (κ3) is 8.29. The molecule has 0 saturated carbocycles. The van der Waals surface area contributed by atoms with Crippen molar-refractivity contribution in [3.63, 3.8) is 0 Å². The van der Waals surface area contributed by atoms with E-state index in [-0.39, 0.29) is 6.42 Å². The predicted octanol–water partition coefficient (Wildman–Crippen LogP) is 3.54. The minimum absolute atomic E-state index is 0.217. The lowest BCUT2D eigenvalue weighted by Gasteiger charge is -2.22. The maximum atomic E-state index is 11.6. The molecule has 1 rings (SSSR count). The van der Waals surface area contributed by atoms with Gasteiger partial charge in [0.1, 0.15) is 11.6 Å². The molecular weight excluding hydrogens is 282 g/mol. The summed E-state index contributed by atoms with van der Waals surface area (Å²) in [7, 11) is 0. The van der Waals surface area contributed by atoms with Crippen molar-refractivity contribution >= 4 is 12.1 Å². The molecule has 0 saturated heterocycles. The SMILES string of the molecule is CC.Cc1ccc(CC(NC(=O)OC(C)(C)C)C(=O)O)cc1. The highest BCUT2D eigenvalue weighted by atomic mass is 16.6. The van der Waals surface area contributed by atoms with E-state index in [1.54, 1.807) is 20.8 Å². The Morgan fingerprint density at radius 2 is 1.68 bits per heavy atom. The first kappa shape index (κ1) is 20.0. The largest absolute Gasteiger partial charge is 0.480 e. The fourth-order valence-corrected chi connectivity index (χ4v) is 1.61. The minimum atomic E-state index is -1.09. The van der Waals surface area contributed by atoms with E-state index in [9.17, 15) is 9.59 Å². The number of benzene rings is 1. The topological polar surface area (TPSA) is 75.6 Å². The first-order valence-corrected chi connectivity index (χ1v) is 7.45. The molecule has 2 N–H and O–H groups in total. The fraction of sp³-hybridized carbons (Fsp3) is 0.529. The number of carboxylic acid groups (broad SMARTS) is 1. The molecule has 1 amide bonds. The summed E-state index contributed by atoms with van der Waals surface area (Å²) < 4.78 is 5.06. The molecular formula is C17H27NO4. The van der Waals surface area contributed by atoms with Crippen LogP contribution in [0.3, 0.4) is 0 Å². The molecule has 0 aliphatic rings. The molecule has 0 bridgehead atoms. The highest BCUT2D eigenvalue weighted by Crippen LogP contribution is 2.09. The molecule has 0 aromatic heterocycles. The van der Waals surface area contributed by atoms with Crippen molar-refractivity contribution in [2.24, 2.45) is 0 Å². The van der Waals surface area contributed by atoms with E-state index in [0.29, 0.717) is 0 Å². The molecule has 124 valence electrons. The van der Waals surface area contributed by atoms with Crippen LogP contribution in [0, 0.1) is 6.92 Å². The number of hydrogen-bond donors (Lipinski definition) is 2. The van der Waals surface area contributed by atoms with Crippen LogP contribution in [-0.2, 0) is 16.0 Å². The average molecular weight is 309 g/mol. The molecule has 22 heavy (non-hydrogen) atoms. The van der Waals surface area contributed by atoms with Gasteiger partial charge in [-0.3, -0.25) is 0 Å². The number of rotatable bonds is 4. The number of aryl methyl sites for hydroxylation is 1. The normalized spacial score (nSPS) is 11.7. The van der Waals surface area contributed by atoms with E-state index in [2.05, 4.69) is 5.32 Å². The Kier molecular flexibility index (Phi) is 8.23. The Bertz CT molecular complexity index is 474. The van der Waals surface area contributed by atoms with Crippen molar-refractivity contribution in [3.8, 4) is 0 Å². The molecule has 5 nitrogen and oxygen atoms in total. The molecule has 0 aliphatic heterocycles. The maximum absolute atomic E-state index is 11.6. The molecule has 0 heterocycles. The predicted molar refractivity (Wildman–Crippen MR) is 87.0 cm³/mol. The summed E-state index contributed by atoms with van der Waals surface area (Å²) in [4.78, 5) is 22.8. The molecule has 0 fully saturated rings. The number of aliphatic carboxylic acids is 1. The second kappa shape index (κ2) is 9.07. The van der Waals surface area contributed by atoms with E-state index < -0.39 is 23.7 Å². The molecule has 0 radical (unpaired) electrons. The van der Waals surface area contributed by atoms with Crippen molar-refractivity contribution in [2.45, 2.75) is 59.6 Å². The van der Waals surface area contributed by atoms with Gasteiger partial charge in [-0.15, -0.1) is 0 Å². The number of alkyl carbamates (subject to hydrolysis) is 1. The summed E-state index contributed by atoms with van der Waals surface area (Å²) in [6.07, 6.45) is -0.508. The molecule has 1 unspecified atom stereocenters.